The third kappa shape index (κ3) is 6.89. The Bertz CT molecular complexity index is 1180. The topological polar surface area (TPSA) is 130 Å². The van der Waals surface area contributed by atoms with Crippen LogP contribution < -0.4 is 16.1 Å². The summed E-state index contributed by atoms with van der Waals surface area (Å²) < 4.78 is 38.7. The molecule has 10 nitrogen and oxygen atoms in total. The van der Waals surface area contributed by atoms with Crippen molar-refractivity contribution in [3.05, 3.63) is 68.7 Å². The van der Waals surface area contributed by atoms with Crippen LogP contribution in [-0.2, 0) is 6.18 Å². The van der Waals surface area contributed by atoms with Gasteiger partial charge in [0, 0.05) is 35.5 Å². The molecule has 33 heavy (non-hydrogen) atoms. The Morgan fingerprint density at radius 1 is 1.09 bits per heavy atom. The van der Waals surface area contributed by atoms with E-state index in [1.165, 1.54) is 36.5 Å². The number of nitrogens with one attached hydrogen (secondary N) is 3. The Kier molecular flexibility index (Phi) is 8.32. The number of benzene rings is 2. The van der Waals surface area contributed by atoms with Gasteiger partial charge in [-0.3, -0.25) is 10.1 Å². The van der Waals surface area contributed by atoms with Crippen LogP contribution >= 0.6 is 24.0 Å². The molecular formula is C18H15Cl2F3N8O2. The molecule has 0 radical (unpaired) electrons. The lowest BCUT2D eigenvalue weighted by atomic mass is 10.2. The van der Waals surface area contributed by atoms with Crippen molar-refractivity contribution in [2.75, 3.05) is 23.1 Å². The van der Waals surface area contributed by atoms with E-state index in [4.69, 9.17) is 11.6 Å². The molecule has 2 aromatic carbocycles. The maximum absolute atomic E-state index is 12.9. The molecule has 0 unspecified atom stereocenters. The second-order valence-corrected chi connectivity index (χ2v) is 6.50. The zero-order chi connectivity index (χ0) is 23.3. The number of alkyl halides is 3. The molecule has 174 valence electrons. The Hall–Kier alpha value is -3.71. The molecule has 1 aromatic heterocycles. The summed E-state index contributed by atoms with van der Waals surface area (Å²) in [7, 11) is 1.54. The van der Waals surface area contributed by atoms with Crippen LogP contribution in [0.5, 0.6) is 0 Å². The fraction of sp³-hybridized carbons (Fsp3) is 0.111. The van der Waals surface area contributed by atoms with E-state index < -0.39 is 16.7 Å². The number of hydrogen-bond acceptors (Lipinski definition) is 9. The van der Waals surface area contributed by atoms with E-state index in [-0.39, 0.29) is 52.2 Å². The minimum absolute atomic E-state index is 0. The van der Waals surface area contributed by atoms with Crippen molar-refractivity contribution >= 4 is 59.4 Å². The van der Waals surface area contributed by atoms with Gasteiger partial charge in [0.05, 0.1) is 16.7 Å². The number of rotatable bonds is 7. The lowest BCUT2D eigenvalue weighted by Gasteiger charge is -2.11. The summed E-state index contributed by atoms with van der Waals surface area (Å²) in [5, 5.41) is 20.4. The predicted octanol–water partition coefficient (Wildman–Crippen LogP) is 5.11. The second-order valence-electron chi connectivity index (χ2n) is 6.09. The van der Waals surface area contributed by atoms with Crippen LogP contribution in [0.1, 0.15) is 11.1 Å². The highest BCUT2D eigenvalue weighted by atomic mass is 35.5. The molecule has 0 fully saturated rings. The molecular weight excluding hydrogens is 488 g/mol. The van der Waals surface area contributed by atoms with Crippen LogP contribution in [0.4, 0.5) is 42.4 Å². The fourth-order valence-electron chi connectivity index (χ4n) is 2.40. The Labute approximate surface area is 195 Å². The largest absolute Gasteiger partial charge is 0.416 e. The third-order valence-corrected chi connectivity index (χ3v) is 4.21. The highest BCUT2D eigenvalue weighted by molar-refractivity contribution is 6.33. The maximum atomic E-state index is 12.9. The van der Waals surface area contributed by atoms with Crippen molar-refractivity contribution in [1.29, 1.82) is 0 Å². The molecule has 3 aromatic rings. The summed E-state index contributed by atoms with van der Waals surface area (Å²) in [5.74, 6) is 0.0203. The van der Waals surface area contributed by atoms with Crippen molar-refractivity contribution in [2.45, 2.75) is 6.18 Å². The number of hydrazone groups is 1. The lowest BCUT2D eigenvalue weighted by Crippen LogP contribution is -2.08. The van der Waals surface area contributed by atoms with E-state index in [1.807, 2.05) is 0 Å². The fourth-order valence-corrected chi connectivity index (χ4v) is 2.57. The van der Waals surface area contributed by atoms with Crippen molar-refractivity contribution in [3.63, 3.8) is 0 Å². The molecule has 1 heterocycles. The molecule has 0 saturated carbocycles. The van der Waals surface area contributed by atoms with Crippen molar-refractivity contribution in [1.82, 2.24) is 15.0 Å². The number of hydrogen-bond donors (Lipinski definition) is 3. The van der Waals surface area contributed by atoms with Crippen molar-refractivity contribution < 1.29 is 18.1 Å². The van der Waals surface area contributed by atoms with Crippen molar-refractivity contribution in [3.8, 4) is 0 Å². The average Bonchev–Trinajstić information content (AvgIpc) is 2.74. The van der Waals surface area contributed by atoms with Gasteiger partial charge in [0.25, 0.3) is 5.69 Å². The van der Waals surface area contributed by atoms with Gasteiger partial charge in [-0.05, 0) is 24.3 Å². The lowest BCUT2D eigenvalue weighted by molar-refractivity contribution is -0.384. The molecule has 0 saturated heterocycles. The van der Waals surface area contributed by atoms with E-state index in [9.17, 15) is 23.3 Å². The molecule has 0 aliphatic rings. The average molecular weight is 503 g/mol. The summed E-state index contributed by atoms with van der Waals surface area (Å²) in [4.78, 5) is 22.4. The monoisotopic (exact) mass is 502 g/mol. The van der Waals surface area contributed by atoms with E-state index in [2.05, 4.69) is 36.1 Å². The summed E-state index contributed by atoms with van der Waals surface area (Å²) in [6, 6.07) is 8.38. The number of non-ortho nitro benzene ring substituents is 1. The molecule has 0 aliphatic heterocycles. The van der Waals surface area contributed by atoms with Crippen LogP contribution in [-0.4, -0.2) is 33.1 Å². The highest BCUT2D eigenvalue weighted by Crippen LogP contribution is 2.31. The first-order valence-corrected chi connectivity index (χ1v) is 9.14. The Balaban J connectivity index is 0.00000385. The van der Waals surface area contributed by atoms with Gasteiger partial charge < -0.3 is 10.6 Å². The van der Waals surface area contributed by atoms with E-state index >= 15 is 0 Å². The van der Waals surface area contributed by atoms with Crippen LogP contribution in [0.15, 0.2) is 47.6 Å². The van der Waals surface area contributed by atoms with E-state index in [0.29, 0.717) is 0 Å². The first kappa shape index (κ1) is 25.5. The quantitative estimate of drug-likeness (QED) is 0.231. The van der Waals surface area contributed by atoms with E-state index in [0.717, 1.165) is 12.1 Å². The highest BCUT2D eigenvalue weighted by Gasteiger charge is 2.30. The number of aromatic nitrogens is 3. The van der Waals surface area contributed by atoms with Gasteiger partial charge in [0.1, 0.15) is 0 Å². The molecule has 3 N–H and O–H groups in total. The summed E-state index contributed by atoms with van der Waals surface area (Å²) in [6.07, 6.45) is -3.26. The zero-order valence-electron chi connectivity index (χ0n) is 16.6. The number of halogens is 5. The SMILES string of the molecule is CNc1nc(NN=Cc2cc([N+](=O)[O-])ccc2Cl)nc(Nc2cccc(C(F)(F)F)c2)n1.Cl. The van der Waals surface area contributed by atoms with Crippen LogP contribution in [0.3, 0.4) is 0 Å². The minimum Gasteiger partial charge on any atom is -0.357 e. The van der Waals surface area contributed by atoms with E-state index in [1.54, 1.807) is 7.05 Å². The van der Waals surface area contributed by atoms with Gasteiger partial charge in [0.15, 0.2) is 0 Å². The minimum atomic E-state index is -4.50. The Morgan fingerprint density at radius 2 is 1.79 bits per heavy atom. The summed E-state index contributed by atoms with van der Waals surface area (Å²) in [6.45, 7) is 0. The van der Waals surface area contributed by atoms with Gasteiger partial charge in [0.2, 0.25) is 17.8 Å². The van der Waals surface area contributed by atoms with Crippen molar-refractivity contribution in [2.24, 2.45) is 5.10 Å². The molecule has 0 atom stereocenters. The smallest absolute Gasteiger partial charge is 0.357 e. The normalized spacial score (nSPS) is 11.1. The predicted molar refractivity (Wildman–Crippen MR) is 121 cm³/mol. The Morgan fingerprint density at radius 3 is 2.45 bits per heavy atom. The second kappa shape index (κ2) is 10.7. The molecule has 0 spiro atoms. The van der Waals surface area contributed by atoms with Gasteiger partial charge >= 0.3 is 6.18 Å². The zero-order valence-corrected chi connectivity index (χ0v) is 18.2. The molecule has 0 amide bonds. The first-order chi connectivity index (χ1) is 15.2. The summed E-state index contributed by atoms with van der Waals surface area (Å²) >= 11 is 6.01. The molecule has 0 aliphatic carbocycles. The van der Waals surface area contributed by atoms with Gasteiger partial charge in [-0.1, -0.05) is 17.7 Å². The maximum Gasteiger partial charge on any atom is 0.416 e. The summed E-state index contributed by atoms with van der Waals surface area (Å²) in [5.41, 5.74) is 1.92. The van der Waals surface area contributed by atoms with Crippen LogP contribution in [0.25, 0.3) is 0 Å². The van der Waals surface area contributed by atoms with Gasteiger partial charge in [-0.15, -0.1) is 12.4 Å². The number of anilines is 4. The molecule has 3 rings (SSSR count). The number of nitro groups is 1. The third-order valence-electron chi connectivity index (χ3n) is 3.86. The first-order valence-electron chi connectivity index (χ1n) is 8.77. The van der Waals surface area contributed by atoms with Gasteiger partial charge in [-0.25, -0.2) is 5.43 Å². The number of nitro benzene ring substituents is 1. The van der Waals surface area contributed by atoms with Crippen LogP contribution in [0.2, 0.25) is 5.02 Å². The molecule has 15 heteroatoms. The van der Waals surface area contributed by atoms with Gasteiger partial charge in [-0.2, -0.15) is 33.2 Å². The molecule has 0 bridgehead atoms. The van der Waals surface area contributed by atoms with Crippen LogP contribution in [0, 0.1) is 10.1 Å². The number of nitrogens with zero attached hydrogens (tertiary/aromatic N) is 5. The standard InChI is InChI=1S/C18H14ClF3N8O2.ClH/c1-23-15-26-16(25-12-4-2-3-11(8-12)18(20,21)22)28-17(27-15)29-24-9-10-7-13(30(31)32)5-6-14(10)19;/h2-9H,1H3,(H3,23,25,26,27,28,29);1H.